The molecule has 1 aliphatic heterocycles. The predicted molar refractivity (Wildman–Crippen MR) is 58.9 cm³/mol. The Labute approximate surface area is 94.4 Å². The number of nitrogens with zero attached hydrogens (tertiary/aromatic N) is 4. The number of aliphatic hydroxyl groups excluding tert-OH is 1. The fourth-order valence-electron chi connectivity index (χ4n) is 1.82. The minimum absolute atomic E-state index is 0.212. The lowest BCUT2D eigenvalue weighted by atomic mass is 10.1. The summed E-state index contributed by atoms with van der Waals surface area (Å²) in [5.74, 6) is 0.600. The maximum Gasteiger partial charge on any atom is 0.226 e. The van der Waals surface area contributed by atoms with Gasteiger partial charge in [0.25, 0.3) is 0 Å². The number of aliphatic hydroxyl groups is 1. The van der Waals surface area contributed by atoms with Crippen LogP contribution in [0.4, 0.5) is 5.95 Å². The summed E-state index contributed by atoms with van der Waals surface area (Å²) in [5.41, 5.74) is 1.20. The Morgan fingerprint density at radius 3 is 2.75 bits per heavy atom. The van der Waals surface area contributed by atoms with E-state index in [4.69, 9.17) is 5.26 Å². The number of hydrogen-bond acceptors (Lipinski definition) is 5. The predicted octanol–water partition coefficient (Wildman–Crippen LogP) is 0.618. The standard InChI is InChI=1S/C11H14N4O/c1-8-6-9(7-12)14-11(13-8)15-4-2-10(16)3-5-15/h6,10,16H,2-5H2,1H3. The molecule has 0 saturated carbocycles. The summed E-state index contributed by atoms with van der Waals surface area (Å²) in [4.78, 5) is 10.5. The zero-order valence-electron chi connectivity index (χ0n) is 9.22. The molecule has 2 rings (SSSR count). The molecule has 5 heteroatoms. The average molecular weight is 218 g/mol. The molecule has 1 aliphatic rings. The average Bonchev–Trinajstić information content (AvgIpc) is 2.29. The van der Waals surface area contributed by atoms with E-state index in [2.05, 4.69) is 9.97 Å². The van der Waals surface area contributed by atoms with Crippen molar-refractivity contribution in [2.24, 2.45) is 0 Å². The van der Waals surface area contributed by atoms with E-state index in [1.807, 2.05) is 17.9 Å². The minimum Gasteiger partial charge on any atom is -0.393 e. The summed E-state index contributed by atoms with van der Waals surface area (Å²) < 4.78 is 0. The van der Waals surface area contributed by atoms with E-state index in [0.29, 0.717) is 11.6 Å². The molecule has 0 radical (unpaired) electrons. The first-order valence-corrected chi connectivity index (χ1v) is 5.38. The van der Waals surface area contributed by atoms with Crippen LogP contribution in [0.25, 0.3) is 0 Å². The number of nitriles is 1. The van der Waals surface area contributed by atoms with Crippen LogP contribution in [0, 0.1) is 18.3 Å². The molecule has 0 aliphatic carbocycles. The van der Waals surface area contributed by atoms with Crippen LogP contribution in [0.5, 0.6) is 0 Å². The van der Waals surface area contributed by atoms with Gasteiger partial charge in [0.15, 0.2) is 0 Å². The minimum atomic E-state index is -0.212. The molecule has 0 amide bonds. The highest BCUT2D eigenvalue weighted by Crippen LogP contribution is 2.16. The van der Waals surface area contributed by atoms with Crippen molar-refractivity contribution in [1.29, 1.82) is 5.26 Å². The number of hydrogen-bond donors (Lipinski definition) is 1. The van der Waals surface area contributed by atoms with Crippen LogP contribution in [0.3, 0.4) is 0 Å². The van der Waals surface area contributed by atoms with Crippen LogP contribution in [0.2, 0.25) is 0 Å². The smallest absolute Gasteiger partial charge is 0.226 e. The molecule has 2 heterocycles. The normalized spacial score (nSPS) is 17.2. The molecule has 0 atom stereocenters. The van der Waals surface area contributed by atoms with Crippen molar-refractivity contribution in [3.63, 3.8) is 0 Å². The lowest BCUT2D eigenvalue weighted by Crippen LogP contribution is -2.37. The Morgan fingerprint density at radius 2 is 2.12 bits per heavy atom. The van der Waals surface area contributed by atoms with Crippen molar-refractivity contribution in [3.8, 4) is 6.07 Å². The largest absolute Gasteiger partial charge is 0.393 e. The van der Waals surface area contributed by atoms with Gasteiger partial charge >= 0.3 is 0 Å². The first kappa shape index (κ1) is 10.8. The second-order valence-electron chi connectivity index (χ2n) is 4.02. The van der Waals surface area contributed by atoms with Crippen LogP contribution >= 0.6 is 0 Å². The van der Waals surface area contributed by atoms with Crippen molar-refractivity contribution >= 4 is 5.95 Å². The van der Waals surface area contributed by atoms with Gasteiger partial charge < -0.3 is 10.0 Å². The van der Waals surface area contributed by atoms with Crippen LogP contribution in [0.15, 0.2) is 6.07 Å². The molecule has 0 aromatic carbocycles. The summed E-state index contributed by atoms with van der Waals surface area (Å²) in [6.45, 7) is 3.34. The van der Waals surface area contributed by atoms with E-state index in [0.717, 1.165) is 31.6 Å². The highest BCUT2D eigenvalue weighted by atomic mass is 16.3. The molecule has 1 aromatic heterocycles. The summed E-state index contributed by atoms with van der Waals surface area (Å²) in [7, 11) is 0. The second kappa shape index (κ2) is 4.45. The molecule has 1 fully saturated rings. The van der Waals surface area contributed by atoms with Gasteiger partial charge in [-0.3, -0.25) is 0 Å². The topological polar surface area (TPSA) is 73.0 Å². The van der Waals surface area contributed by atoms with Crippen LogP contribution in [-0.2, 0) is 0 Å². The summed E-state index contributed by atoms with van der Waals surface area (Å²) in [6, 6.07) is 3.70. The Morgan fingerprint density at radius 1 is 1.44 bits per heavy atom. The van der Waals surface area contributed by atoms with Gasteiger partial charge in [-0.15, -0.1) is 0 Å². The number of anilines is 1. The molecule has 1 saturated heterocycles. The highest BCUT2D eigenvalue weighted by Gasteiger charge is 2.19. The molecular formula is C11H14N4O. The molecule has 1 aromatic rings. The van der Waals surface area contributed by atoms with Crippen LogP contribution in [-0.4, -0.2) is 34.3 Å². The number of piperidine rings is 1. The van der Waals surface area contributed by atoms with Crippen LogP contribution in [0.1, 0.15) is 24.2 Å². The monoisotopic (exact) mass is 218 g/mol. The lowest BCUT2D eigenvalue weighted by Gasteiger charge is -2.29. The summed E-state index contributed by atoms with van der Waals surface area (Å²) in [5, 5.41) is 18.2. The Hall–Kier alpha value is -1.67. The maximum atomic E-state index is 9.41. The first-order chi connectivity index (χ1) is 7.69. The molecule has 0 spiro atoms. The third-order valence-electron chi connectivity index (χ3n) is 2.70. The van der Waals surface area contributed by atoms with Gasteiger partial charge in [-0.2, -0.15) is 5.26 Å². The SMILES string of the molecule is Cc1cc(C#N)nc(N2CCC(O)CC2)n1. The van der Waals surface area contributed by atoms with Gasteiger partial charge in [-0.25, -0.2) is 9.97 Å². The first-order valence-electron chi connectivity index (χ1n) is 5.38. The van der Waals surface area contributed by atoms with Crippen molar-refractivity contribution < 1.29 is 5.11 Å². The number of aryl methyl sites for hydroxylation is 1. The van der Waals surface area contributed by atoms with Crippen molar-refractivity contribution in [1.82, 2.24) is 9.97 Å². The second-order valence-corrected chi connectivity index (χ2v) is 4.02. The highest BCUT2D eigenvalue weighted by molar-refractivity contribution is 5.36. The van der Waals surface area contributed by atoms with E-state index < -0.39 is 0 Å². The summed E-state index contributed by atoms with van der Waals surface area (Å²) in [6.07, 6.45) is 1.26. The molecule has 5 nitrogen and oxygen atoms in total. The van der Waals surface area contributed by atoms with Gasteiger partial charge in [0.05, 0.1) is 6.10 Å². The lowest BCUT2D eigenvalue weighted by molar-refractivity contribution is 0.145. The fourth-order valence-corrected chi connectivity index (χ4v) is 1.82. The molecular weight excluding hydrogens is 204 g/mol. The zero-order valence-corrected chi connectivity index (χ0v) is 9.22. The van der Waals surface area contributed by atoms with Gasteiger partial charge in [0, 0.05) is 18.8 Å². The van der Waals surface area contributed by atoms with Crippen molar-refractivity contribution in [2.45, 2.75) is 25.9 Å². The third kappa shape index (κ3) is 2.28. The van der Waals surface area contributed by atoms with Crippen LogP contribution < -0.4 is 4.90 Å². The van der Waals surface area contributed by atoms with Crippen molar-refractivity contribution in [3.05, 3.63) is 17.5 Å². The van der Waals surface area contributed by atoms with Gasteiger partial charge in [-0.1, -0.05) is 0 Å². The molecule has 0 unspecified atom stereocenters. The third-order valence-corrected chi connectivity index (χ3v) is 2.70. The Balaban J connectivity index is 2.20. The maximum absolute atomic E-state index is 9.41. The van der Waals surface area contributed by atoms with Gasteiger partial charge in [-0.05, 0) is 25.8 Å². The van der Waals surface area contributed by atoms with Gasteiger partial charge in [0.2, 0.25) is 5.95 Å². The summed E-state index contributed by atoms with van der Waals surface area (Å²) >= 11 is 0. The molecule has 16 heavy (non-hydrogen) atoms. The van der Waals surface area contributed by atoms with Crippen molar-refractivity contribution in [2.75, 3.05) is 18.0 Å². The van der Waals surface area contributed by atoms with E-state index in [-0.39, 0.29) is 6.10 Å². The molecule has 84 valence electrons. The zero-order chi connectivity index (χ0) is 11.5. The molecule has 1 N–H and O–H groups in total. The number of rotatable bonds is 1. The quantitative estimate of drug-likeness (QED) is 0.748. The van der Waals surface area contributed by atoms with E-state index in [1.54, 1.807) is 6.07 Å². The Bertz CT molecular complexity index is 418. The van der Waals surface area contributed by atoms with E-state index in [9.17, 15) is 5.11 Å². The number of aromatic nitrogens is 2. The fraction of sp³-hybridized carbons (Fsp3) is 0.545. The van der Waals surface area contributed by atoms with Gasteiger partial charge in [0.1, 0.15) is 11.8 Å². The van der Waals surface area contributed by atoms with E-state index in [1.165, 1.54) is 0 Å². The molecule has 0 bridgehead atoms. The van der Waals surface area contributed by atoms with E-state index >= 15 is 0 Å². The Kier molecular flexibility index (Phi) is 3.02.